The third-order valence-electron chi connectivity index (χ3n) is 8.54. The molecule has 3 fully saturated rings. The Hall–Kier alpha value is -4.26. The maximum Gasteiger partial charge on any atom is 0.274 e. The summed E-state index contributed by atoms with van der Waals surface area (Å²) in [6.45, 7) is 2.13. The molecule has 5 atom stereocenters. The van der Waals surface area contributed by atoms with Gasteiger partial charge >= 0.3 is 0 Å². The Bertz CT molecular complexity index is 1380. The first-order valence-electron chi connectivity index (χ1n) is 13.6. The van der Waals surface area contributed by atoms with Crippen LogP contribution >= 0.6 is 0 Å². The van der Waals surface area contributed by atoms with Gasteiger partial charge in [-0.25, -0.2) is 0 Å². The molecule has 1 aliphatic carbocycles. The lowest BCUT2D eigenvalue weighted by Gasteiger charge is -2.49. The predicted octanol–water partition coefficient (Wildman–Crippen LogP) is -0.690. The monoisotopic (exact) mass is 546 g/mol. The van der Waals surface area contributed by atoms with E-state index < -0.39 is 29.9 Å². The van der Waals surface area contributed by atoms with E-state index in [1.807, 2.05) is 12.1 Å². The Morgan fingerprint density at radius 2 is 1.98 bits per heavy atom. The van der Waals surface area contributed by atoms with Crippen molar-refractivity contribution in [1.82, 2.24) is 41.3 Å². The molecule has 3 aliphatic heterocycles. The first-order valence-corrected chi connectivity index (χ1v) is 13.6. The zero-order chi connectivity index (χ0) is 28.2. The highest BCUT2D eigenvalue weighted by Gasteiger charge is 2.66. The summed E-state index contributed by atoms with van der Waals surface area (Å²) in [5.41, 5.74) is 2.53. The molecular weight excluding hydrogens is 512 g/mol. The van der Waals surface area contributed by atoms with Gasteiger partial charge in [0.2, 0.25) is 0 Å². The average Bonchev–Trinajstić information content (AvgIpc) is 3.44. The van der Waals surface area contributed by atoms with Crippen LogP contribution in [0.15, 0.2) is 30.3 Å². The standard InChI is InChI=1S/C27H34N10O3/c1-14-10-11-18(35-34-14)24(40)36(2)12-19-21-27(33-25(28)32-21)22(38)20(13-37(27)26(29)31-19)30-23(39)17-9-5-7-15-6-3-4-8-16(15)17/h5,7,9-11,19-22,38H,3-4,6,8,12-13H2,1-2H3,(H2,29,31)(H,30,39)(H3,28,32,33)/t19-,20?,21-,22+,27-/m0/s1. The van der Waals surface area contributed by atoms with Gasteiger partial charge in [-0.2, -0.15) is 5.10 Å². The topological polar surface area (TPSA) is 182 Å². The third kappa shape index (κ3) is 4.12. The number of hydrogen-bond acceptors (Lipinski definition) is 7. The number of aliphatic hydroxyl groups is 1. The molecule has 13 heteroatoms. The van der Waals surface area contributed by atoms with Gasteiger partial charge in [0, 0.05) is 25.7 Å². The van der Waals surface area contributed by atoms with Crippen LogP contribution in [-0.4, -0.2) is 98.9 Å². The lowest BCUT2D eigenvalue weighted by Crippen LogP contribution is -2.78. The van der Waals surface area contributed by atoms with Gasteiger partial charge in [-0.15, -0.1) is 5.10 Å². The van der Waals surface area contributed by atoms with Crippen LogP contribution in [-0.2, 0) is 12.8 Å². The number of likely N-dealkylation sites (N-methyl/N-ethyl adjacent to an activating group) is 1. The molecule has 1 aromatic heterocycles. The fourth-order valence-electron chi connectivity index (χ4n) is 6.61. The number of guanidine groups is 2. The Balaban J connectivity index is 1.23. The average molecular weight is 547 g/mol. The van der Waals surface area contributed by atoms with Crippen LogP contribution < -0.4 is 21.3 Å². The SMILES string of the molecule is Cc1ccc(C(=O)N(C)C[C@@H]2NC(=N)N3CC(NC(=O)c4cccc5c4CCCC5)[C@@H](O)[C@@]34NC(=N)N[C@@H]24)nn1. The first-order chi connectivity index (χ1) is 19.2. The molecule has 2 amide bonds. The number of amides is 2. The summed E-state index contributed by atoms with van der Waals surface area (Å²) < 4.78 is 0. The minimum atomic E-state index is -1.26. The number of rotatable bonds is 5. The highest BCUT2D eigenvalue weighted by atomic mass is 16.3. The highest BCUT2D eigenvalue weighted by Crippen LogP contribution is 2.38. The van der Waals surface area contributed by atoms with E-state index in [1.165, 1.54) is 10.5 Å². The van der Waals surface area contributed by atoms with Crippen LogP contribution in [0.4, 0.5) is 0 Å². The number of fused-ring (bicyclic) bond motifs is 1. The minimum absolute atomic E-state index is 0.00182. The van der Waals surface area contributed by atoms with E-state index in [2.05, 4.69) is 37.5 Å². The van der Waals surface area contributed by atoms with Crippen LogP contribution in [0.5, 0.6) is 0 Å². The molecular formula is C27H34N10O3. The molecule has 0 radical (unpaired) electrons. The Labute approximate surface area is 231 Å². The summed E-state index contributed by atoms with van der Waals surface area (Å²) in [5.74, 6) is -0.550. The van der Waals surface area contributed by atoms with Gasteiger partial charge in [-0.1, -0.05) is 12.1 Å². The number of aliphatic hydroxyl groups excluding tert-OH is 1. The maximum atomic E-state index is 13.5. The summed E-state index contributed by atoms with van der Waals surface area (Å²) >= 11 is 0. The zero-order valence-corrected chi connectivity index (χ0v) is 22.5. The number of nitrogens with zero attached hydrogens (tertiary/aromatic N) is 4. The predicted molar refractivity (Wildman–Crippen MR) is 146 cm³/mol. The Morgan fingerprint density at radius 1 is 1.18 bits per heavy atom. The van der Waals surface area contributed by atoms with E-state index in [0.29, 0.717) is 11.3 Å². The van der Waals surface area contributed by atoms with Crippen molar-refractivity contribution in [2.45, 2.75) is 62.5 Å². The molecule has 210 valence electrons. The minimum Gasteiger partial charge on any atom is -0.386 e. The molecule has 0 bridgehead atoms. The van der Waals surface area contributed by atoms with Crippen molar-refractivity contribution in [1.29, 1.82) is 10.8 Å². The van der Waals surface area contributed by atoms with Gasteiger partial charge in [-0.3, -0.25) is 20.4 Å². The number of hydrogen-bond donors (Lipinski definition) is 7. The van der Waals surface area contributed by atoms with Gasteiger partial charge < -0.3 is 36.2 Å². The molecule has 1 spiro atoms. The van der Waals surface area contributed by atoms with E-state index in [0.717, 1.165) is 31.2 Å². The van der Waals surface area contributed by atoms with Crippen molar-refractivity contribution in [3.8, 4) is 0 Å². The Kier molecular flexibility index (Phi) is 6.32. The lowest BCUT2D eigenvalue weighted by molar-refractivity contribution is 0.00289. The van der Waals surface area contributed by atoms with Crippen LogP contribution in [0.1, 0.15) is 50.5 Å². The van der Waals surface area contributed by atoms with E-state index in [9.17, 15) is 14.7 Å². The molecule has 0 saturated carbocycles. The van der Waals surface area contributed by atoms with Crippen molar-refractivity contribution >= 4 is 23.7 Å². The van der Waals surface area contributed by atoms with E-state index in [4.69, 9.17) is 10.8 Å². The number of carbonyl (C=O) groups is 2. The lowest BCUT2D eigenvalue weighted by atomic mass is 9.86. The number of carbonyl (C=O) groups excluding carboxylic acids is 2. The number of nitrogens with one attached hydrogen (secondary N) is 6. The second kappa shape index (κ2) is 9.73. The summed E-state index contributed by atoms with van der Waals surface area (Å²) in [7, 11) is 1.64. The van der Waals surface area contributed by atoms with Gasteiger partial charge in [0.15, 0.2) is 23.3 Å². The second-order valence-electron chi connectivity index (χ2n) is 11.1. The fraction of sp³-hybridized carbons (Fsp3) is 0.481. The van der Waals surface area contributed by atoms with Gasteiger partial charge in [0.1, 0.15) is 6.10 Å². The molecule has 6 rings (SSSR count). The van der Waals surface area contributed by atoms with Crippen LogP contribution in [0, 0.1) is 17.7 Å². The zero-order valence-electron chi connectivity index (χ0n) is 22.5. The molecule has 13 nitrogen and oxygen atoms in total. The Morgan fingerprint density at radius 3 is 2.75 bits per heavy atom. The number of aryl methyl sites for hydroxylation is 2. The van der Waals surface area contributed by atoms with E-state index in [-0.39, 0.29) is 42.5 Å². The van der Waals surface area contributed by atoms with E-state index in [1.54, 1.807) is 31.0 Å². The van der Waals surface area contributed by atoms with Crippen molar-refractivity contribution in [3.63, 3.8) is 0 Å². The molecule has 7 N–H and O–H groups in total. The largest absolute Gasteiger partial charge is 0.386 e. The maximum absolute atomic E-state index is 13.5. The fourth-order valence-corrected chi connectivity index (χ4v) is 6.61. The first kappa shape index (κ1) is 26.0. The van der Waals surface area contributed by atoms with Gasteiger partial charge in [0.25, 0.3) is 11.8 Å². The molecule has 1 aromatic carbocycles. The molecule has 4 aliphatic rings. The highest BCUT2D eigenvalue weighted by molar-refractivity contribution is 5.97. The van der Waals surface area contributed by atoms with Crippen molar-refractivity contribution in [2.75, 3.05) is 20.1 Å². The molecule has 4 heterocycles. The van der Waals surface area contributed by atoms with Crippen LogP contribution in [0.25, 0.3) is 0 Å². The van der Waals surface area contributed by atoms with Crippen molar-refractivity contribution in [2.24, 2.45) is 0 Å². The number of benzene rings is 1. The normalized spacial score (nSPS) is 28.4. The summed E-state index contributed by atoms with van der Waals surface area (Å²) in [6.07, 6.45) is 2.81. The van der Waals surface area contributed by atoms with Crippen LogP contribution in [0.3, 0.4) is 0 Å². The summed E-state index contributed by atoms with van der Waals surface area (Å²) in [6, 6.07) is 7.31. The van der Waals surface area contributed by atoms with Gasteiger partial charge in [-0.05, 0) is 61.9 Å². The second-order valence-corrected chi connectivity index (χ2v) is 11.1. The van der Waals surface area contributed by atoms with Crippen molar-refractivity contribution < 1.29 is 14.7 Å². The molecule has 2 aromatic rings. The van der Waals surface area contributed by atoms with Gasteiger partial charge in [0.05, 0.1) is 23.8 Å². The number of aromatic nitrogens is 2. The molecule has 40 heavy (non-hydrogen) atoms. The quantitative estimate of drug-likeness (QED) is 0.255. The third-order valence-corrected chi connectivity index (χ3v) is 8.54. The van der Waals surface area contributed by atoms with Crippen LogP contribution in [0.2, 0.25) is 0 Å². The van der Waals surface area contributed by atoms with Crippen molar-refractivity contribution in [3.05, 3.63) is 58.4 Å². The molecule has 3 saturated heterocycles. The smallest absolute Gasteiger partial charge is 0.274 e. The summed E-state index contributed by atoms with van der Waals surface area (Å²) in [5, 5.41) is 49.1. The molecule has 1 unspecified atom stereocenters. The summed E-state index contributed by atoms with van der Waals surface area (Å²) in [4.78, 5) is 29.6. The van der Waals surface area contributed by atoms with E-state index >= 15 is 0 Å².